The lowest BCUT2D eigenvalue weighted by Crippen LogP contribution is -2.36. The van der Waals surface area contributed by atoms with Gasteiger partial charge >= 0.3 is 0 Å². The van der Waals surface area contributed by atoms with E-state index in [0.717, 1.165) is 4.47 Å². The molecular formula is C17H16BrFN2O2. The highest BCUT2D eigenvalue weighted by Gasteiger charge is 2.15. The minimum absolute atomic E-state index is 0.127. The average molecular weight is 379 g/mol. The molecule has 0 radical (unpaired) electrons. The van der Waals surface area contributed by atoms with Crippen LogP contribution in [0.2, 0.25) is 0 Å². The molecule has 0 amide bonds. The minimum atomic E-state index is -0.306. The number of aliphatic imine (C=N–C) groups is 1. The molecule has 0 aromatic heterocycles. The summed E-state index contributed by atoms with van der Waals surface area (Å²) in [6.45, 7) is 2.60. The molecule has 1 heterocycles. The van der Waals surface area contributed by atoms with E-state index in [0.29, 0.717) is 43.2 Å². The lowest BCUT2D eigenvalue weighted by Gasteiger charge is -2.29. The number of phenols is 1. The van der Waals surface area contributed by atoms with Gasteiger partial charge in [-0.25, -0.2) is 4.39 Å². The molecule has 0 unspecified atom stereocenters. The highest BCUT2D eigenvalue weighted by Crippen LogP contribution is 2.26. The van der Waals surface area contributed by atoms with Gasteiger partial charge in [0, 0.05) is 35.4 Å². The number of nitrogens with zero attached hydrogens (tertiary/aromatic N) is 2. The van der Waals surface area contributed by atoms with E-state index in [-0.39, 0.29) is 11.6 Å². The largest absolute Gasteiger partial charge is 0.507 e. The summed E-state index contributed by atoms with van der Waals surface area (Å²) in [5.41, 5.74) is 1.63. The topological polar surface area (TPSA) is 45.1 Å². The van der Waals surface area contributed by atoms with Crippen molar-refractivity contribution in [1.29, 1.82) is 0 Å². The Morgan fingerprint density at radius 2 is 1.96 bits per heavy atom. The zero-order chi connectivity index (χ0) is 16.2. The Morgan fingerprint density at radius 3 is 2.70 bits per heavy atom. The van der Waals surface area contributed by atoms with E-state index in [9.17, 15) is 9.50 Å². The van der Waals surface area contributed by atoms with Gasteiger partial charge in [-0.15, -0.1) is 0 Å². The average Bonchev–Trinajstić information content (AvgIpc) is 2.56. The Kier molecular flexibility index (Phi) is 4.93. The van der Waals surface area contributed by atoms with Gasteiger partial charge in [0.05, 0.1) is 24.6 Å². The van der Waals surface area contributed by atoms with E-state index in [1.54, 1.807) is 30.3 Å². The Labute approximate surface area is 142 Å². The van der Waals surface area contributed by atoms with Crippen molar-refractivity contribution in [2.75, 3.05) is 31.2 Å². The van der Waals surface area contributed by atoms with Crippen LogP contribution in [0.1, 0.15) is 5.56 Å². The molecular weight excluding hydrogens is 363 g/mol. The van der Waals surface area contributed by atoms with Crippen LogP contribution in [-0.2, 0) is 4.74 Å². The molecule has 0 bridgehead atoms. The number of phenolic OH excluding ortho intramolecular Hbond substituents is 1. The van der Waals surface area contributed by atoms with Crippen LogP contribution in [0.4, 0.5) is 15.8 Å². The Hall–Kier alpha value is -1.92. The number of rotatable bonds is 3. The second-order valence-corrected chi connectivity index (χ2v) is 6.11. The summed E-state index contributed by atoms with van der Waals surface area (Å²) in [7, 11) is 0. The molecule has 1 fully saturated rings. The van der Waals surface area contributed by atoms with Crippen molar-refractivity contribution in [1.82, 2.24) is 0 Å². The van der Waals surface area contributed by atoms with Gasteiger partial charge in [-0.05, 0) is 30.3 Å². The van der Waals surface area contributed by atoms with Gasteiger partial charge < -0.3 is 14.7 Å². The van der Waals surface area contributed by atoms with Crippen LogP contribution >= 0.6 is 15.9 Å². The van der Waals surface area contributed by atoms with Gasteiger partial charge in [-0.2, -0.15) is 0 Å². The van der Waals surface area contributed by atoms with Crippen molar-refractivity contribution < 1.29 is 14.2 Å². The maximum absolute atomic E-state index is 14.3. The van der Waals surface area contributed by atoms with E-state index in [2.05, 4.69) is 20.9 Å². The molecule has 2 aromatic carbocycles. The van der Waals surface area contributed by atoms with E-state index in [1.165, 1.54) is 12.3 Å². The number of halogens is 2. The molecule has 1 saturated heterocycles. The van der Waals surface area contributed by atoms with Gasteiger partial charge in [-0.3, -0.25) is 4.99 Å². The number of hydrogen-bond acceptors (Lipinski definition) is 4. The van der Waals surface area contributed by atoms with Crippen LogP contribution < -0.4 is 4.90 Å². The first-order valence-corrected chi connectivity index (χ1v) is 8.07. The highest BCUT2D eigenvalue weighted by molar-refractivity contribution is 9.10. The molecule has 6 heteroatoms. The second-order valence-electron chi connectivity index (χ2n) is 5.20. The van der Waals surface area contributed by atoms with Gasteiger partial charge in [0.15, 0.2) is 0 Å². The van der Waals surface area contributed by atoms with E-state index < -0.39 is 0 Å². The van der Waals surface area contributed by atoms with Gasteiger partial charge in [0.25, 0.3) is 0 Å². The molecule has 1 aliphatic heterocycles. The SMILES string of the molecule is Oc1ccc(Br)cc1C=Nc1ccc(N2CCOCC2)c(F)c1. The summed E-state index contributed by atoms with van der Waals surface area (Å²) >= 11 is 3.34. The summed E-state index contributed by atoms with van der Waals surface area (Å²) in [5.74, 6) is -0.178. The third kappa shape index (κ3) is 3.89. The van der Waals surface area contributed by atoms with Crippen LogP contribution in [0, 0.1) is 5.82 Å². The second kappa shape index (κ2) is 7.10. The number of benzene rings is 2. The molecule has 4 nitrogen and oxygen atoms in total. The van der Waals surface area contributed by atoms with Crippen molar-refractivity contribution in [3.63, 3.8) is 0 Å². The van der Waals surface area contributed by atoms with Crippen LogP contribution in [0.15, 0.2) is 45.9 Å². The maximum Gasteiger partial charge on any atom is 0.148 e. The smallest absolute Gasteiger partial charge is 0.148 e. The molecule has 0 atom stereocenters. The summed E-state index contributed by atoms with van der Waals surface area (Å²) in [6, 6.07) is 9.96. The molecule has 0 saturated carbocycles. The minimum Gasteiger partial charge on any atom is -0.507 e. The van der Waals surface area contributed by atoms with Crippen molar-refractivity contribution >= 4 is 33.5 Å². The van der Waals surface area contributed by atoms with E-state index in [1.807, 2.05) is 4.90 Å². The summed E-state index contributed by atoms with van der Waals surface area (Å²) in [6.07, 6.45) is 1.52. The van der Waals surface area contributed by atoms with Crippen LogP contribution in [0.25, 0.3) is 0 Å². The Bertz CT molecular complexity index is 731. The molecule has 1 N–H and O–H groups in total. The molecule has 0 aliphatic carbocycles. The monoisotopic (exact) mass is 378 g/mol. The molecule has 1 aliphatic rings. The number of ether oxygens (including phenoxy) is 1. The summed E-state index contributed by atoms with van der Waals surface area (Å²) in [5, 5.41) is 9.78. The molecule has 120 valence electrons. The summed E-state index contributed by atoms with van der Waals surface area (Å²) in [4.78, 5) is 6.20. The Balaban J connectivity index is 1.80. The van der Waals surface area contributed by atoms with Crippen molar-refractivity contribution in [2.45, 2.75) is 0 Å². The molecule has 0 spiro atoms. The standard InChI is InChI=1S/C17H16BrFN2O2/c18-13-1-4-17(22)12(9-13)11-20-14-2-3-16(15(19)10-14)21-5-7-23-8-6-21/h1-4,9-11,22H,5-8H2. The summed E-state index contributed by atoms with van der Waals surface area (Å²) < 4.78 is 20.4. The van der Waals surface area contributed by atoms with E-state index in [4.69, 9.17) is 4.74 Å². The molecule has 2 aromatic rings. The molecule has 23 heavy (non-hydrogen) atoms. The first-order valence-electron chi connectivity index (χ1n) is 7.28. The third-order valence-electron chi connectivity index (χ3n) is 3.63. The highest BCUT2D eigenvalue weighted by atomic mass is 79.9. The lowest BCUT2D eigenvalue weighted by atomic mass is 10.2. The fourth-order valence-corrected chi connectivity index (χ4v) is 2.79. The number of aromatic hydroxyl groups is 1. The quantitative estimate of drug-likeness (QED) is 0.824. The zero-order valence-electron chi connectivity index (χ0n) is 12.4. The van der Waals surface area contributed by atoms with E-state index >= 15 is 0 Å². The van der Waals surface area contributed by atoms with Crippen LogP contribution in [0.5, 0.6) is 5.75 Å². The lowest BCUT2D eigenvalue weighted by molar-refractivity contribution is 0.122. The fraction of sp³-hybridized carbons (Fsp3) is 0.235. The van der Waals surface area contributed by atoms with Crippen molar-refractivity contribution in [3.8, 4) is 5.75 Å². The van der Waals surface area contributed by atoms with Crippen LogP contribution in [0.3, 0.4) is 0 Å². The maximum atomic E-state index is 14.3. The molecule has 3 rings (SSSR count). The van der Waals surface area contributed by atoms with Crippen molar-refractivity contribution in [2.24, 2.45) is 4.99 Å². The number of anilines is 1. The van der Waals surface area contributed by atoms with Gasteiger partial charge in [0.2, 0.25) is 0 Å². The van der Waals surface area contributed by atoms with Crippen LogP contribution in [-0.4, -0.2) is 37.6 Å². The van der Waals surface area contributed by atoms with Crippen molar-refractivity contribution in [3.05, 3.63) is 52.3 Å². The predicted molar refractivity (Wildman–Crippen MR) is 92.5 cm³/mol. The number of morpholine rings is 1. The predicted octanol–water partition coefficient (Wildman–Crippen LogP) is 3.88. The normalized spacial score (nSPS) is 15.3. The third-order valence-corrected chi connectivity index (χ3v) is 4.12. The van der Waals surface area contributed by atoms with Gasteiger partial charge in [0.1, 0.15) is 11.6 Å². The van der Waals surface area contributed by atoms with Gasteiger partial charge in [-0.1, -0.05) is 15.9 Å². The number of hydrogen-bond donors (Lipinski definition) is 1. The first kappa shape index (κ1) is 16.0. The fourth-order valence-electron chi connectivity index (χ4n) is 2.41. The first-order chi connectivity index (χ1) is 11.1. The zero-order valence-corrected chi connectivity index (χ0v) is 14.0. The Morgan fingerprint density at radius 1 is 1.17 bits per heavy atom.